The SMILES string of the molecule is O=C(c1sccc1Cl)N(CCCl)C1CCCC1. The van der Waals surface area contributed by atoms with Crippen molar-refractivity contribution in [1.82, 2.24) is 4.90 Å². The number of halogens is 2. The fraction of sp³-hybridized carbons (Fsp3) is 0.583. The van der Waals surface area contributed by atoms with Crippen LogP contribution in [0.3, 0.4) is 0 Å². The van der Waals surface area contributed by atoms with Gasteiger partial charge in [0.2, 0.25) is 0 Å². The van der Waals surface area contributed by atoms with Gasteiger partial charge in [0.15, 0.2) is 0 Å². The summed E-state index contributed by atoms with van der Waals surface area (Å²) >= 11 is 13.2. The van der Waals surface area contributed by atoms with Gasteiger partial charge in [0.05, 0.1) is 5.02 Å². The topological polar surface area (TPSA) is 20.3 Å². The number of carbonyl (C=O) groups excluding carboxylic acids is 1. The largest absolute Gasteiger partial charge is 0.334 e. The lowest BCUT2D eigenvalue weighted by Crippen LogP contribution is -2.39. The van der Waals surface area contributed by atoms with E-state index in [4.69, 9.17) is 23.2 Å². The number of nitrogens with zero attached hydrogens (tertiary/aromatic N) is 1. The van der Waals surface area contributed by atoms with Crippen LogP contribution in [0.25, 0.3) is 0 Å². The average Bonchev–Trinajstić information content (AvgIpc) is 2.95. The van der Waals surface area contributed by atoms with Gasteiger partial charge < -0.3 is 4.90 Å². The van der Waals surface area contributed by atoms with Gasteiger partial charge in [-0.05, 0) is 24.3 Å². The first-order chi connectivity index (χ1) is 8.24. The van der Waals surface area contributed by atoms with Gasteiger partial charge in [0, 0.05) is 18.5 Å². The van der Waals surface area contributed by atoms with Crippen LogP contribution in [-0.2, 0) is 0 Å². The Morgan fingerprint density at radius 1 is 1.47 bits per heavy atom. The monoisotopic (exact) mass is 291 g/mol. The smallest absolute Gasteiger partial charge is 0.265 e. The Balaban J connectivity index is 2.15. The van der Waals surface area contributed by atoms with E-state index < -0.39 is 0 Å². The van der Waals surface area contributed by atoms with Crippen LogP contribution < -0.4 is 0 Å². The first-order valence-corrected chi connectivity index (χ1v) is 7.63. The normalized spacial score (nSPS) is 16.4. The van der Waals surface area contributed by atoms with Crippen molar-refractivity contribution in [2.75, 3.05) is 12.4 Å². The molecule has 0 radical (unpaired) electrons. The maximum absolute atomic E-state index is 12.4. The van der Waals surface area contributed by atoms with E-state index in [9.17, 15) is 4.79 Å². The highest BCUT2D eigenvalue weighted by Gasteiger charge is 2.28. The van der Waals surface area contributed by atoms with E-state index in [1.54, 1.807) is 6.07 Å². The first kappa shape index (κ1) is 13.2. The molecule has 1 aliphatic rings. The summed E-state index contributed by atoms with van der Waals surface area (Å²) in [7, 11) is 0. The molecule has 0 bridgehead atoms. The second kappa shape index (κ2) is 6.07. The minimum Gasteiger partial charge on any atom is -0.334 e. The molecule has 0 spiro atoms. The molecule has 0 aliphatic heterocycles. The van der Waals surface area contributed by atoms with Gasteiger partial charge >= 0.3 is 0 Å². The molecular formula is C12H15Cl2NOS. The van der Waals surface area contributed by atoms with Gasteiger partial charge in [0.25, 0.3) is 5.91 Å². The summed E-state index contributed by atoms with van der Waals surface area (Å²) in [5, 5.41) is 2.40. The Bertz CT molecular complexity index is 388. The molecule has 0 unspecified atom stereocenters. The average molecular weight is 292 g/mol. The molecule has 17 heavy (non-hydrogen) atoms. The molecule has 1 saturated carbocycles. The van der Waals surface area contributed by atoms with Gasteiger partial charge in [-0.2, -0.15) is 0 Å². The molecule has 2 nitrogen and oxygen atoms in total. The predicted octanol–water partition coefficient (Wildman–Crippen LogP) is 4.03. The number of rotatable bonds is 4. The zero-order valence-electron chi connectivity index (χ0n) is 9.49. The summed E-state index contributed by atoms with van der Waals surface area (Å²) < 4.78 is 0. The lowest BCUT2D eigenvalue weighted by Gasteiger charge is -2.28. The highest BCUT2D eigenvalue weighted by molar-refractivity contribution is 7.12. The van der Waals surface area contributed by atoms with Crippen LogP contribution in [-0.4, -0.2) is 29.3 Å². The van der Waals surface area contributed by atoms with Gasteiger partial charge in [-0.3, -0.25) is 4.79 Å². The third kappa shape index (κ3) is 2.95. The van der Waals surface area contributed by atoms with Crippen LogP contribution in [0.5, 0.6) is 0 Å². The van der Waals surface area contributed by atoms with Gasteiger partial charge in [-0.15, -0.1) is 22.9 Å². The third-order valence-corrected chi connectivity index (χ3v) is 4.66. The van der Waals surface area contributed by atoms with E-state index >= 15 is 0 Å². The quantitative estimate of drug-likeness (QED) is 0.767. The molecule has 0 atom stereocenters. The Labute approximate surface area is 116 Å². The van der Waals surface area contributed by atoms with Gasteiger partial charge in [-0.1, -0.05) is 24.4 Å². The summed E-state index contributed by atoms with van der Waals surface area (Å²) in [5.41, 5.74) is 0. The molecule has 1 fully saturated rings. The van der Waals surface area contributed by atoms with Crippen molar-refractivity contribution in [3.8, 4) is 0 Å². The van der Waals surface area contributed by atoms with Crippen LogP contribution in [0.4, 0.5) is 0 Å². The highest BCUT2D eigenvalue weighted by Crippen LogP contribution is 2.29. The fourth-order valence-electron chi connectivity index (χ4n) is 2.33. The molecule has 1 amide bonds. The summed E-state index contributed by atoms with van der Waals surface area (Å²) in [6.45, 7) is 0.610. The van der Waals surface area contributed by atoms with Crippen LogP contribution in [0, 0.1) is 0 Å². The molecule has 94 valence electrons. The van der Waals surface area contributed by atoms with Gasteiger partial charge in [0.1, 0.15) is 4.88 Å². The molecular weight excluding hydrogens is 277 g/mol. The van der Waals surface area contributed by atoms with Crippen molar-refractivity contribution in [1.29, 1.82) is 0 Å². The lowest BCUT2D eigenvalue weighted by molar-refractivity contribution is 0.0700. The zero-order chi connectivity index (χ0) is 12.3. The van der Waals surface area contributed by atoms with Crippen LogP contribution in [0.2, 0.25) is 5.02 Å². The van der Waals surface area contributed by atoms with Crippen molar-refractivity contribution < 1.29 is 4.79 Å². The molecule has 1 heterocycles. The minimum absolute atomic E-state index is 0.0394. The van der Waals surface area contributed by atoms with Crippen LogP contribution in [0.15, 0.2) is 11.4 Å². The summed E-state index contributed by atoms with van der Waals surface area (Å²) in [5.74, 6) is 0.517. The minimum atomic E-state index is 0.0394. The van der Waals surface area contributed by atoms with Crippen molar-refractivity contribution in [2.45, 2.75) is 31.7 Å². The van der Waals surface area contributed by atoms with Gasteiger partial charge in [-0.25, -0.2) is 0 Å². The third-order valence-electron chi connectivity index (χ3n) is 3.16. The summed E-state index contributed by atoms with van der Waals surface area (Å²) in [4.78, 5) is 14.9. The van der Waals surface area contributed by atoms with E-state index in [0.717, 1.165) is 12.8 Å². The van der Waals surface area contributed by atoms with Crippen LogP contribution >= 0.6 is 34.5 Å². The van der Waals surface area contributed by atoms with Crippen molar-refractivity contribution >= 4 is 40.4 Å². The Hall–Kier alpha value is -0.250. The Morgan fingerprint density at radius 3 is 2.71 bits per heavy atom. The van der Waals surface area contributed by atoms with E-state index in [2.05, 4.69) is 0 Å². The van der Waals surface area contributed by atoms with E-state index in [-0.39, 0.29) is 5.91 Å². The molecule has 1 aliphatic carbocycles. The predicted molar refractivity (Wildman–Crippen MR) is 73.3 cm³/mol. The van der Waals surface area contributed by atoms with Crippen LogP contribution in [0.1, 0.15) is 35.4 Å². The maximum Gasteiger partial charge on any atom is 0.265 e. The van der Waals surface area contributed by atoms with E-state index in [1.807, 2.05) is 10.3 Å². The number of thiophene rings is 1. The first-order valence-electron chi connectivity index (χ1n) is 5.84. The molecule has 0 N–H and O–H groups in total. The fourth-order valence-corrected chi connectivity index (χ4v) is 3.61. The molecule has 1 aromatic rings. The standard InChI is InChI=1S/C12H15Cl2NOS/c13-6-7-15(9-3-1-2-4-9)12(16)11-10(14)5-8-17-11/h5,8-9H,1-4,6-7H2. The highest BCUT2D eigenvalue weighted by atomic mass is 35.5. The Morgan fingerprint density at radius 2 is 2.18 bits per heavy atom. The number of hydrogen-bond acceptors (Lipinski definition) is 2. The summed E-state index contributed by atoms with van der Waals surface area (Å²) in [6, 6.07) is 2.12. The number of amides is 1. The molecule has 5 heteroatoms. The molecule has 0 saturated heterocycles. The lowest BCUT2D eigenvalue weighted by atomic mass is 10.2. The molecule has 0 aromatic carbocycles. The zero-order valence-corrected chi connectivity index (χ0v) is 11.8. The second-order valence-electron chi connectivity index (χ2n) is 4.22. The summed E-state index contributed by atoms with van der Waals surface area (Å²) in [6.07, 6.45) is 4.58. The maximum atomic E-state index is 12.4. The second-order valence-corrected chi connectivity index (χ2v) is 5.92. The van der Waals surface area contributed by atoms with E-state index in [0.29, 0.717) is 28.4 Å². The Kier molecular flexibility index (Phi) is 4.71. The number of hydrogen-bond donors (Lipinski definition) is 0. The van der Waals surface area contributed by atoms with Crippen molar-refractivity contribution in [3.05, 3.63) is 21.3 Å². The molecule has 2 rings (SSSR count). The van der Waals surface area contributed by atoms with Crippen molar-refractivity contribution in [3.63, 3.8) is 0 Å². The van der Waals surface area contributed by atoms with Crippen molar-refractivity contribution in [2.24, 2.45) is 0 Å². The number of alkyl halides is 1. The van der Waals surface area contributed by atoms with E-state index in [1.165, 1.54) is 24.2 Å². The molecule has 1 aromatic heterocycles. The number of carbonyl (C=O) groups is 1.